The molecule has 0 spiro atoms. The van der Waals surface area contributed by atoms with Gasteiger partial charge in [0.2, 0.25) is 0 Å². The number of hydrogen-bond donors (Lipinski definition) is 1. The lowest BCUT2D eigenvalue weighted by Gasteiger charge is -2.44. The second kappa shape index (κ2) is 6.91. The summed E-state index contributed by atoms with van der Waals surface area (Å²) in [4.78, 5) is 2.84. The molecule has 2 heteroatoms. The van der Waals surface area contributed by atoms with E-state index < -0.39 is 0 Å². The van der Waals surface area contributed by atoms with Gasteiger partial charge in [0.1, 0.15) is 0 Å². The zero-order valence-corrected chi connectivity index (χ0v) is 12.6. The van der Waals surface area contributed by atoms with Gasteiger partial charge in [0.15, 0.2) is 0 Å². The molecule has 106 valence electrons. The van der Waals surface area contributed by atoms with Gasteiger partial charge in [-0.15, -0.1) is 0 Å². The van der Waals surface area contributed by atoms with Crippen LogP contribution < -0.4 is 5.32 Å². The van der Waals surface area contributed by atoms with Crippen molar-refractivity contribution in [2.24, 2.45) is 5.92 Å². The van der Waals surface area contributed by atoms with E-state index in [2.05, 4.69) is 31.0 Å². The van der Waals surface area contributed by atoms with Crippen LogP contribution in [-0.4, -0.2) is 36.1 Å². The van der Waals surface area contributed by atoms with Crippen molar-refractivity contribution in [2.45, 2.75) is 83.8 Å². The molecule has 0 aliphatic heterocycles. The lowest BCUT2D eigenvalue weighted by Crippen LogP contribution is -2.55. The average Bonchev–Trinajstić information content (AvgIpc) is 2.87. The Morgan fingerprint density at radius 2 is 1.78 bits per heavy atom. The third-order valence-corrected chi connectivity index (χ3v) is 5.13. The fraction of sp³-hybridized carbons (Fsp3) is 1.00. The second-order valence-corrected chi connectivity index (χ2v) is 6.42. The molecule has 18 heavy (non-hydrogen) atoms. The summed E-state index contributed by atoms with van der Waals surface area (Å²) in [6.07, 6.45) is 9.99. The number of nitrogens with one attached hydrogen (secondary N) is 1. The molecule has 2 saturated carbocycles. The van der Waals surface area contributed by atoms with Crippen molar-refractivity contribution in [3.8, 4) is 0 Å². The number of hydrogen-bond acceptors (Lipinski definition) is 2. The molecule has 0 aromatic heterocycles. The SMILES string of the molecule is CCNC1CCC(C)CC1N(CC)C1CCCC1. The van der Waals surface area contributed by atoms with Gasteiger partial charge in [0.05, 0.1) is 0 Å². The van der Waals surface area contributed by atoms with Crippen LogP contribution in [0.4, 0.5) is 0 Å². The van der Waals surface area contributed by atoms with Crippen molar-refractivity contribution in [1.29, 1.82) is 0 Å². The maximum atomic E-state index is 3.75. The Bertz CT molecular complexity index is 235. The predicted octanol–water partition coefficient (Wildman–Crippen LogP) is 3.42. The minimum atomic E-state index is 0.742. The van der Waals surface area contributed by atoms with Crippen LogP contribution in [0.2, 0.25) is 0 Å². The predicted molar refractivity (Wildman–Crippen MR) is 78.9 cm³/mol. The molecule has 1 N–H and O–H groups in total. The third kappa shape index (κ3) is 3.27. The van der Waals surface area contributed by atoms with Gasteiger partial charge in [-0.3, -0.25) is 4.90 Å². The van der Waals surface area contributed by atoms with Crippen LogP contribution in [0.15, 0.2) is 0 Å². The highest BCUT2D eigenvalue weighted by molar-refractivity contribution is 4.93. The highest BCUT2D eigenvalue weighted by Crippen LogP contribution is 2.33. The van der Waals surface area contributed by atoms with Crippen molar-refractivity contribution in [1.82, 2.24) is 10.2 Å². The minimum absolute atomic E-state index is 0.742. The topological polar surface area (TPSA) is 15.3 Å². The molecule has 2 fully saturated rings. The van der Waals surface area contributed by atoms with Crippen LogP contribution in [0.25, 0.3) is 0 Å². The fourth-order valence-electron chi connectivity index (χ4n) is 4.22. The summed E-state index contributed by atoms with van der Waals surface area (Å²) in [5.41, 5.74) is 0. The monoisotopic (exact) mass is 252 g/mol. The first-order chi connectivity index (χ1) is 8.76. The number of rotatable bonds is 5. The standard InChI is InChI=1S/C16H32N2/c1-4-17-15-11-10-13(3)12-16(15)18(5-2)14-8-6-7-9-14/h13-17H,4-12H2,1-3H3. The Morgan fingerprint density at radius 1 is 1.06 bits per heavy atom. The Labute approximate surface area is 114 Å². The average molecular weight is 252 g/mol. The van der Waals surface area contributed by atoms with E-state index in [-0.39, 0.29) is 0 Å². The smallest absolute Gasteiger partial charge is 0.0254 e. The zero-order chi connectivity index (χ0) is 13.0. The molecular weight excluding hydrogens is 220 g/mol. The minimum Gasteiger partial charge on any atom is -0.313 e. The van der Waals surface area contributed by atoms with Crippen molar-refractivity contribution >= 4 is 0 Å². The maximum absolute atomic E-state index is 3.75. The molecule has 3 unspecified atom stereocenters. The van der Waals surface area contributed by atoms with Gasteiger partial charge < -0.3 is 5.32 Å². The Morgan fingerprint density at radius 3 is 2.39 bits per heavy atom. The molecular formula is C16H32N2. The van der Waals surface area contributed by atoms with Crippen LogP contribution >= 0.6 is 0 Å². The van der Waals surface area contributed by atoms with E-state index >= 15 is 0 Å². The van der Waals surface area contributed by atoms with Crippen LogP contribution in [0.5, 0.6) is 0 Å². The van der Waals surface area contributed by atoms with Gasteiger partial charge in [-0.2, -0.15) is 0 Å². The normalized spacial score (nSPS) is 34.3. The molecule has 0 saturated heterocycles. The van der Waals surface area contributed by atoms with Gasteiger partial charge in [-0.05, 0) is 51.1 Å². The Kier molecular flexibility index (Phi) is 5.50. The quantitative estimate of drug-likeness (QED) is 0.806. The molecule has 0 radical (unpaired) electrons. The van der Waals surface area contributed by atoms with Crippen LogP contribution in [0.1, 0.15) is 65.7 Å². The Balaban J connectivity index is 2.03. The molecule has 0 heterocycles. The van der Waals surface area contributed by atoms with Crippen LogP contribution in [0, 0.1) is 5.92 Å². The molecule has 2 aliphatic rings. The van der Waals surface area contributed by atoms with Gasteiger partial charge in [-0.1, -0.05) is 33.6 Å². The molecule has 0 aromatic rings. The summed E-state index contributed by atoms with van der Waals surface area (Å²) in [6, 6.07) is 2.42. The lowest BCUT2D eigenvalue weighted by molar-refractivity contribution is 0.0697. The van der Waals surface area contributed by atoms with Gasteiger partial charge in [-0.25, -0.2) is 0 Å². The van der Waals surface area contributed by atoms with Crippen LogP contribution in [0.3, 0.4) is 0 Å². The van der Waals surface area contributed by atoms with Gasteiger partial charge in [0, 0.05) is 18.1 Å². The highest BCUT2D eigenvalue weighted by atomic mass is 15.2. The van der Waals surface area contributed by atoms with E-state index in [1.165, 1.54) is 51.5 Å². The van der Waals surface area contributed by atoms with E-state index in [0.29, 0.717) is 0 Å². The summed E-state index contributed by atoms with van der Waals surface area (Å²) in [5.74, 6) is 0.917. The van der Waals surface area contributed by atoms with E-state index in [4.69, 9.17) is 0 Å². The van der Waals surface area contributed by atoms with E-state index in [9.17, 15) is 0 Å². The van der Waals surface area contributed by atoms with Crippen molar-refractivity contribution in [2.75, 3.05) is 13.1 Å². The number of nitrogens with zero attached hydrogens (tertiary/aromatic N) is 1. The van der Waals surface area contributed by atoms with Gasteiger partial charge in [0.25, 0.3) is 0 Å². The number of likely N-dealkylation sites (N-methyl/N-ethyl adjacent to an activating group) is 2. The Hall–Kier alpha value is -0.0800. The molecule has 0 bridgehead atoms. The zero-order valence-electron chi connectivity index (χ0n) is 12.6. The van der Waals surface area contributed by atoms with E-state index in [1.807, 2.05) is 0 Å². The maximum Gasteiger partial charge on any atom is 0.0254 e. The lowest BCUT2D eigenvalue weighted by atomic mass is 9.81. The molecule has 2 nitrogen and oxygen atoms in total. The molecule has 0 aromatic carbocycles. The molecule has 2 aliphatic carbocycles. The summed E-state index contributed by atoms with van der Waals surface area (Å²) in [6.45, 7) is 9.42. The summed E-state index contributed by atoms with van der Waals surface area (Å²) in [5, 5.41) is 3.75. The van der Waals surface area contributed by atoms with Crippen molar-refractivity contribution < 1.29 is 0 Å². The van der Waals surface area contributed by atoms with Crippen molar-refractivity contribution in [3.63, 3.8) is 0 Å². The highest BCUT2D eigenvalue weighted by Gasteiger charge is 2.35. The first kappa shape index (κ1) is 14.3. The summed E-state index contributed by atoms with van der Waals surface area (Å²) >= 11 is 0. The van der Waals surface area contributed by atoms with Crippen LogP contribution in [-0.2, 0) is 0 Å². The van der Waals surface area contributed by atoms with Crippen molar-refractivity contribution in [3.05, 3.63) is 0 Å². The molecule has 2 rings (SSSR count). The summed E-state index contributed by atoms with van der Waals surface area (Å²) < 4.78 is 0. The van der Waals surface area contributed by atoms with E-state index in [1.54, 1.807) is 0 Å². The third-order valence-electron chi connectivity index (χ3n) is 5.13. The largest absolute Gasteiger partial charge is 0.313 e. The molecule has 3 atom stereocenters. The summed E-state index contributed by atoms with van der Waals surface area (Å²) in [7, 11) is 0. The second-order valence-electron chi connectivity index (χ2n) is 6.42. The van der Waals surface area contributed by atoms with E-state index in [0.717, 1.165) is 30.6 Å². The first-order valence-electron chi connectivity index (χ1n) is 8.25. The van der Waals surface area contributed by atoms with Gasteiger partial charge >= 0.3 is 0 Å². The fourth-order valence-corrected chi connectivity index (χ4v) is 4.22. The molecule has 0 amide bonds. The first-order valence-corrected chi connectivity index (χ1v) is 8.25.